The first-order valence-corrected chi connectivity index (χ1v) is 7.30. The second kappa shape index (κ2) is 9.37. The number of hydrogen-bond acceptors (Lipinski definition) is 1. The van der Waals surface area contributed by atoms with Crippen LogP contribution in [0.25, 0.3) is 0 Å². The number of allylic oxidation sites excluding steroid dienone is 2. The van der Waals surface area contributed by atoms with Crippen LogP contribution in [0.3, 0.4) is 0 Å². The Bertz CT molecular complexity index is 392. The first kappa shape index (κ1) is 15.5. The van der Waals surface area contributed by atoms with E-state index in [1.165, 1.54) is 12.0 Å². The maximum Gasteiger partial charge on any atom is 0.224 e. The molecule has 0 unspecified atom stereocenters. The lowest BCUT2D eigenvalue weighted by molar-refractivity contribution is -0.116. The molecule has 0 atom stereocenters. The fourth-order valence-electron chi connectivity index (χ4n) is 1.79. The molecule has 0 heterocycles. The highest BCUT2D eigenvalue weighted by atomic mass is 16.1. The molecule has 1 aromatic rings. The first-order valence-electron chi connectivity index (χ1n) is 7.30. The molecule has 2 nitrogen and oxygen atoms in total. The quantitative estimate of drug-likeness (QED) is 0.673. The van der Waals surface area contributed by atoms with Gasteiger partial charge in [-0.2, -0.15) is 0 Å². The molecule has 1 N–H and O–H groups in total. The van der Waals surface area contributed by atoms with Gasteiger partial charge in [-0.3, -0.25) is 4.79 Å². The minimum Gasteiger partial charge on any atom is -0.326 e. The van der Waals surface area contributed by atoms with E-state index in [1.807, 2.05) is 12.1 Å². The van der Waals surface area contributed by atoms with Crippen LogP contribution in [0.5, 0.6) is 0 Å². The van der Waals surface area contributed by atoms with E-state index in [2.05, 4.69) is 43.4 Å². The maximum atomic E-state index is 11.6. The van der Waals surface area contributed by atoms with Crippen molar-refractivity contribution in [1.82, 2.24) is 0 Å². The molecule has 1 aromatic carbocycles. The van der Waals surface area contributed by atoms with Crippen LogP contribution in [0.4, 0.5) is 5.69 Å². The van der Waals surface area contributed by atoms with Crippen LogP contribution >= 0.6 is 0 Å². The number of carbonyl (C=O) groups is 1. The average molecular weight is 259 g/mol. The van der Waals surface area contributed by atoms with E-state index in [1.54, 1.807) is 0 Å². The zero-order chi connectivity index (χ0) is 13.9. The van der Waals surface area contributed by atoms with Crippen molar-refractivity contribution in [3.8, 4) is 0 Å². The number of amides is 1. The zero-order valence-corrected chi connectivity index (χ0v) is 12.1. The standard InChI is InChI=1S/C17H25NO/c1-3-5-7-8-9-15-11-13-16(14-12-15)18-17(19)10-6-4-2/h7-8,11-14H,3-6,9-10H2,1-2H3,(H,18,19)/b8-7+. The smallest absolute Gasteiger partial charge is 0.224 e. The normalized spacial score (nSPS) is 10.8. The summed E-state index contributed by atoms with van der Waals surface area (Å²) < 4.78 is 0. The Kier molecular flexibility index (Phi) is 7.64. The molecule has 104 valence electrons. The fourth-order valence-corrected chi connectivity index (χ4v) is 1.79. The number of nitrogens with one attached hydrogen (secondary N) is 1. The second-order valence-electron chi connectivity index (χ2n) is 4.81. The molecule has 0 bridgehead atoms. The van der Waals surface area contributed by atoms with E-state index in [-0.39, 0.29) is 5.91 Å². The predicted octanol–water partition coefficient (Wildman–Crippen LogP) is 4.71. The molecule has 0 radical (unpaired) electrons. The van der Waals surface area contributed by atoms with Gasteiger partial charge in [0.25, 0.3) is 0 Å². The van der Waals surface area contributed by atoms with Crippen LogP contribution in [-0.4, -0.2) is 5.91 Å². The summed E-state index contributed by atoms with van der Waals surface area (Å²) in [6, 6.07) is 8.11. The molecule has 0 aliphatic carbocycles. The highest BCUT2D eigenvalue weighted by Gasteiger charge is 2.01. The summed E-state index contributed by atoms with van der Waals surface area (Å²) in [5, 5.41) is 2.92. The SMILES string of the molecule is CCC/C=C/Cc1ccc(NC(=O)CCCC)cc1. The minimum atomic E-state index is 0.109. The highest BCUT2D eigenvalue weighted by Crippen LogP contribution is 2.11. The summed E-state index contributed by atoms with van der Waals surface area (Å²) in [4.78, 5) is 11.6. The number of carbonyl (C=O) groups excluding carboxylic acids is 1. The van der Waals surface area contributed by atoms with Gasteiger partial charge in [0.1, 0.15) is 0 Å². The molecular weight excluding hydrogens is 234 g/mol. The van der Waals surface area contributed by atoms with Crippen LogP contribution < -0.4 is 5.32 Å². The van der Waals surface area contributed by atoms with Crippen molar-refractivity contribution >= 4 is 11.6 Å². The Hall–Kier alpha value is -1.57. The number of unbranched alkanes of at least 4 members (excludes halogenated alkanes) is 2. The monoisotopic (exact) mass is 259 g/mol. The van der Waals surface area contributed by atoms with Gasteiger partial charge in [0.05, 0.1) is 0 Å². The molecule has 0 aliphatic rings. The number of hydrogen-bond donors (Lipinski definition) is 1. The fraction of sp³-hybridized carbons (Fsp3) is 0.471. The Morgan fingerprint density at radius 2 is 1.84 bits per heavy atom. The van der Waals surface area contributed by atoms with Gasteiger partial charge in [-0.05, 0) is 37.0 Å². The van der Waals surface area contributed by atoms with E-state index >= 15 is 0 Å². The summed E-state index contributed by atoms with van der Waals surface area (Å²) in [5.74, 6) is 0.109. The topological polar surface area (TPSA) is 29.1 Å². The lowest BCUT2D eigenvalue weighted by Crippen LogP contribution is -2.10. The molecule has 0 saturated heterocycles. The summed E-state index contributed by atoms with van der Waals surface area (Å²) in [5.41, 5.74) is 2.17. The van der Waals surface area contributed by atoms with Crippen molar-refractivity contribution < 1.29 is 4.79 Å². The van der Waals surface area contributed by atoms with Crippen molar-refractivity contribution in [2.24, 2.45) is 0 Å². The maximum absolute atomic E-state index is 11.6. The molecule has 0 fully saturated rings. The number of anilines is 1. The molecule has 1 amide bonds. The highest BCUT2D eigenvalue weighted by molar-refractivity contribution is 5.90. The van der Waals surface area contributed by atoms with Crippen molar-refractivity contribution in [3.63, 3.8) is 0 Å². The Balaban J connectivity index is 2.40. The summed E-state index contributed by atoms with van der Waals surface area (Å²) in [7, 11) is 0. The Labute approximate surface area is 116 Å². The Morgan fingerprint density at radius 3 is 2.47 bits per heavy atom. The van der Waals surface area contributed by atoms with E-state index < -0.39 is 0 Å². The van der Waals surface area contributed by atoms with Gasteiger partial charge in [-0.25, -0.2) is 0 Å². The molecule has 0 spiro atoms. The predicted molar refractivity (Wildman–Crippen MR) is 82.3 cm³/mol. The molecule has 1 rings (SSSR count). The van der Waals surface area contributed by atoms with Crippen LogP contribution in [-0.2, 0) is 11.2 Å². The molecule has 0 saturated carbocycles. The largest absolute Gasteiger partial charge is 0.326 e. The van der Waals surface area contributed by atoms with Crippen LogP contribution in [0.1, 0.15) is 51.5 Å². The van der Waals surface area contributed by atoms with Gasteiger partial charge in [0.15, 0.2) is 0 Å². The minimum absolute atomic E-state index is 0.109. The van der Waals surface area contributed by atoms with Crippen LogP contribution in [0, 0.1) is 0 Å². The van der Waals surface area contributed by atoms with Crippen molar-refractivity contribution in [2.75, 3.05) is 5.32 Å². The van der Waals surface area contributed by atoms with E-state index in [9.17, 15) is 4.79 Å². The van der Waals surface area contributed by atoms with Crippen molar-refractivity contribution in [2.45, 2.75) is 52.4 Å². The molecule has 0 aliphatic heterocycles. The first-order chi connectivity index (χ1) is 9.26. The lowest BCUT2D eigenvalue weighted by atomic mass is 10.1. The number of rotatable bonds is 8. The van der Waals surface area contributed by atoms with Gasteiger partial charge >= 0.3 is 0 Å². The molecular formula is C17H25NO. The van der Waals surface area contributed by atoms with E-state index in [4.69, 9.17) is 0 Å². The van der Waals surface area contributed by atoms with E-state index in [0.717, 1.165) is 31.4 Å². The third kappa shape index (κ3) is 6.80. The Morgan fingerprint density at radius 1 is 1.11 bits per heavy atom. The summed E-state index contributed by atoms with van der Waals surface area (Å²) in [6.07, 6.45) is 10.3. The zero-order valence-electron chi connectivity index (χ0n) is 12.1. The lowest BCUT2D eigenvalue weighted by Gasteiger charge is -2.05. The third-order valence-electron chi connectivity index (χ3n) is 2.97. The van der Waals surface area contributed by atoms with Gasteiger partial charge < -0.3 is 5.32 Å². The van der Waals surface area contributed by atoms with Crippen LogP contribution in [0.2, 0.25) is 0 Å². The average Bonchev–Trinajstić information content (AvgIpc) is 2.43. The van der Waals surface area contributed by atoms with Gasteiger partial charge in [-0.15, -0.1) is 0 Å². The molecule has 2 heteroatoms. The van der Waals surface area contributed by atoms with Gasteiger partial charge in [0, 0.05) is 12.1 Å². The van der Waals surface area contributed by atoms with Crippen molar-refractivity contribution in [3.05, 3.63) is 42.0 Å². The second-order valence-corrected chi connectivity index (χ2v) is 4.81. The summed E-state index contributed by atoms with van der Waals surface area (Å²) in [6.45, 7) is 4.27. The van der Waals surface area contributed by atoms with E-state index in [0.29, 0.717) is 6.42 Å². The molecule has 0 aromatic heterocycles. The molecule has 19 heavy (non-hydrogen) atoms. The van der Waals surface area contributed by atoms with Gasteiger partial charge in [-0.1, -0.05) is 51.0 Å². The summed E-state index contributed by atoms with van der Waals surface area (Å²) >= 11 is 0. The third-order valence-corrected chi connectivity index (χ3v) is 2.97. The van der Waals surface area contributed by atoms with Crippen LogP contribution in [0.15, 0.2) is 36.4 Å². The van der Waals surface area contributed by atoms with Crippen molar-refractivity contribution in [1.29, 1.82) is 0 Å². The number of benzene rings is 1. The van der Waals surface area contributed by atoms with Gasteiger partial charge in [0.2, 0.25) is 5.91 Å².